The number of Topliss-reactive ketones (excluding diaryl/α,β-unsaturated/α-hetero) is 1. The van der Waals surface area contributed by atoms with E-state index in [0.717, 1.165) is 9.86 Å². The van der Waals surface area contributed by atoms with Gasteiger partial charge in [0.25, 0.3) is 5.91 Å². The Labute approximate surface area is 184 Å². The molecule has 2 aromatic heterocycles. The monoisotopic (exact) mass is 478 g/mol. The van der Waals surface area contributed by atoms with Crippen LogP contribution in [0.3, 0.4) is 0 Å². The number of halogens is 1. The predicted octanol–water partition coefficient (Wildman–Crippen LogP) is 5.27. The fraction of sp³-hybridized carbons (Fsp3) is 0.0870. The van der Waals surface area contributed by atoms with E-state index in [9.17, 15) is 14.7 Å². The van der Waals surface area contributed by atoms with Crippen LogP contribution in [0.15, 0.2) is 85.4 Å². The van der Waals surface area contributed by atoms with Crippen molar-refractivity contribution < 1.29 is 23.6 Å². The minimum Gasteiger partial charge on any atom is -0.503 e. The van der Waals surface area contributed by atoms with Crippen LogP contribution < -0.4 is 4.90 Å². The molecule has 0 bridgehead atoms. The number of hydrogen-bond acceptors (Lipinski definition) is 6. The molecule has 0 saturated heterocycles. The zero-order chi connectivity index (χ0) is 21.7. The van der Waals surface area contributed by atoms with Crippen LogP contribution in [0.1, 0.15) is 27.9 Å². The molecule has 2 aromatic carbocycles. The second-order valence-electron chi connectivity index (χ2n) is 7.17. The maximum atomic E-state index is 13.5. The van der Waals surface area contributed by atoms with Crippen molar-refractivity contribution in [2.24, 2.45) is 0 Å². The highest BCUT2D eigenvalue weighted by atomic mass is 79.9. The molecule has 1 atom stereocenters. The van der Waals surface area contributed by atoms with Crippen molar-refractivity contribution >= 4 is 44.4 Å². The molecule has 0 saturated carbocycles. The van der Waals surface area contributed by atoms with Crippen molar-refractivity contribution in [3.05, 3.63) is 93.6 Å². The summed E-state index contributed by atoms with van der Waals surface area (Å²) < 4.78 is 11.6. The van der Waals surface area contributed by atoms with Crippen molar-refractivity contribution in [2.75, 3.05) is 4.90 Å². The number of hydrogen-bond donors (Lipinski definition) is 1. The molecule has 8 heteroatoms. The van der Waals surface area contributed by atoms with Gasteiger partial charge < -0.3 is 14.0 Å². The number of anilines is 1. The molecule has 0 radical (unpaired) electrons. The van der Waals surface area contributed by atoms with Gasteiger partial charge in [-0.25, -0.2) is 0 Å². The smallest absolute Gasteiger partial charge is 0.295 e. The minimum atomic E-state index is -0.907. The Morgan fingerprint density at radius 2 is 1.94 bits per heavy atom. The van der Waals surface area contributed by atoms with Crippen molar-refractivity contribution in [1.82, 2.24) is 5.16 Å². The third kappa shape index (κ3) is 3.16. The molecule has 7 nitrogen and oxygen atoms in total. The van der Waals surface area contributed by atoms with E-state index in [1.807, 2.05) is 18.2 Å². The molecule has 5 rings (SSSR count). The Kier molecular flexibility index (Phi) is 4.51. The summed E-state index contributed by atoms with van der Waals surface area (Å²) in [5, 5.41) is 15.4. The lowest BCUT2D eigenvalue weighted by molar-refractivity contribution is -0.117. The van der Waals surface area contributed by atoms with E-state index in [1.54, 1.807) is 49.4 Å². The van der Waals surface area contributed by atoms with E-state index in [1.165, 1.54) is 4.90 Å². The largest absolute Gasteiger partial charge is 0.503 e. The van der Waals surface area contributed by atoms with Crippen LogP contribution in [0.4, 0.5) is 5.82 Å². The van der Waals surface area contributed by atoms with Crippen LogP contribution in [0, 0.1) is 6.92 Å². The van der Waals surface area contributed by atoms with Gasteiger partial charge in [0.05, 0.1) is 11.6 Å². The van der Waals surface area contributed by atoms with Crippen LogP contribution in [-0.2, 0) is 4.79 Å². The van der Waals surface area contributed by atoms with Gasteiger partial charge in [-0.2, -0.15) is 0 Å². The summed E-state index contributed by atoms with van der Waals surface area (Å²) in [7, 11) is 0. The second-order valence-corrected chi connectivity index (χ2v) is 8.08. The Bertz CT molecular complexity index is 1350. The van der Waals surface area contributed by atoms with Crippen LogP contribution in [0.25, 0.3) is 11.0 Å². The van der Waals surface area contributed by atoms with Gasteiger partial charge in [0, 0.05) is 15.9 Å². The number of para-hydroxylation sites is 1. The lowest BCUT2D eigenvalue weighted by Gasteiger charge is -2.24. The predicted molar refractivity (Wildman–Crippen MR) is 116 cm³/mol. The number of carbonyl (C=O) groups is 2. The molecule has 1 aliphatic rings. The maximum Gasteiger partial charge on any atom is 0.295 e. The highest BCUT2D eigenvalue weighted by molar-refractivity contribution is 9.10. The fourth-order valence-electron chi connectivity index (χ4n) is 3.76. The summed E-state index contributed by atoms with van der Waals surface area (Å²) in [6.45, 7) is 1.69. The van der Waals surface area contributed by atoms with Crippen LogP contribution in [-0.4, -0.2) is 22.0 Å². The number of furan rings is 1. The molecule has 1 aliphatic heterocycles. The molecule has 0 unspecified atom stereocenters. The quantitative estimate of drug-likeness (QED) is 0.401. The number of carbonyl (C=O) groups excluding carboxylic acids is 2. The number of benzene rings is 2. The number of aryl methyl sites for hydroxylation is 1. The van der Waals surface area contributed by atoms with Crippen LogP contribution in [0.2, 0.25) is 0 Å². The summed E-state index contributed by atoms with van der Waals surface area (Å²) in [5.41, 5.74) is 1.08. The minimum absolute atomic E-state index is 0.0359. The third-order valence-corrected chi connectivity index (χ3v) is 5.62. The summed E-state index contributed by atoms with van der Waals surface area (Å²) in [5.74, 6) is -1.23. The SMILES string of the molecule is Cc1cc(N2C(=O)C(O)=C(C(=O)c3cc4ccccc4o3)[C@H]2c2cccc(Br)c2)no1. The van der Waals surface area contributed by atoms with E-state index in [2.05, 4.69) is 21.1 Å². The van der Waals surface area contributed by atoms with E-state index >= 15 is 0 Å². The zero-order valence-corrected chi connectivity index (χ0v) is 17.8. The summed E-state index contributed by atoms with van der Waals surface area (Å²) in [6, 6.07) is 16.6. The standard InChI is InChI=1S/C23H15BrN2O5/c1-12-9-18(25-31-12)26-20(14-6-4-7-15(24)10-14)19(22(28)23(26)29)21(27)17-11-13-5-2-3-8-16(13)30-17/h2-11,20,28H,1H3/t20-/m1/s1. The Morgan fingerprint density at radius 1 is 1.13 bits per heavy atom. The number of aliphatic hydroxyl groups excluding tert-OH is 1. The van der Waals surface area contributed by atoms with Gasteiger partial charge in [0.1, 0.15) is 11.3 Å². The normalized spacial score (nSPS) is 16.5. The first-order chi connectivity index (χ1) is 14.9. The second kappa shape index (κ2) is 7.24. The highest BCUT2D eigenvalue weighted by Gasteiger charge is 2.46. The molecule has 1 amide bonds. The fourth-order valence-corrected chi connectivity index (χ4v) is 4.18. The zero-order valence-electron chi connectivity index (χ0n) is 16.2. The topological polar surface area (TPSA) is 96.8 Å². The molecule has 154 valence electrons. The molecule has 0 aliphatic carbocycles. The Balaban J connectivity index is 1.67. The van der Waals surface area contributed by atoms with Crippen LogP contribution >= 0.6 is 15.9 Å². The van der Waals surface area contributed by atoms with E-state index in [4.69, 9.17) is 8.94 Å². The molecule has 3 heterocycles. The Hall–Kier alpha value is -3.65. The average molecular weight is 479 g/mol. The van der Waals surface area contributed by atoms with Gasteiger partial charge in [-0.15, -0.1) is 0 Å². The summed E-state index contributed by atoms with van der Waals surface area (Å²) >= 11 is 3.43. The van der Waals surface area contributed by atoms with Gasteiger partial charge in [-0.1, -0.05) is 51.4 Å². The first-order valence-corrected chi connectivity index (χ1v) is 10.2. The molecular weight excluding hydrogens is 464 g/mol. The van der Waals surface area contributed by atoms with Gasteiger partial charge in [0.2, 0.25) is 5.78 Å². The average Bonchev–Trinajstić information content (AvgIpc) is 3.44. The van der Waals surface area contributed by atoms with Crippen LogP contribution in [0.5, 0.6) is 0 Å². The van der Waals surface area contributed by atoms with E-state index in [0.29, 0.717) is 16.9 Å². The van der Waals surface area contributed by atoms with Gasteiger partial charge >= 0.3 is 0 Å². The number of ketones is 1. The number of nitrogens with zero attached hydrogens (tertiary/aromatic N) is 2. The molecule has 1 N–H and O–H groups in total. The molecule has 4 aromatic rings. The number of aromatic nitrogens is 1. The van der Waals surface area contributed by atoms with Gasteiger partial charge in [0.15, 0.2) is 17.3 Å². The van der Waals surface area contributed by atoms with Gasteiger partial charge in [-0.3, -0.25) is 14.5 Å². The first kappa shape index (κ1) is 19.3. The van der Waals surface area contributed by atoms with Gasteiger partial charge in [-0.05, 0) is 36.8 Å². The number of rotatable bonds is 4. The highest BCUT2D eigenvalue weighted by Crippen LogP contribution is 2.42. The molecular formula is C23H15BrN2O5. The lowest BCUT2D eigenvalue weighted by atomic mass is 9.95. The lowest BCUT2D eigenvalue weighted by Crippen LogP contribution is -2.31. The van der Waals surface area contributed by atoms with E-state index in [-0.39, 0.29) is 17.2 Å². The summed E-state index contributed by atoms with van der Waals surface area (Å²) in [4.78, 5) is 27.8. The Morgan fingerprint density at radius 3 is 2.65 bits per heavy atom. The molecule has 0 fully saturated rings. The molecule has 0 spiro atoms. The first-order valence-electron chi connectivity index (χ1n) is 9.43. The third-order valence-electron chi connectivity index (χ3n) is 5.13. The van der Waals surface area contributed by atoms with Crippen molar-refractivity contribution in [2.45, 2.75) is 13.0 Å². The number of fused-ring (bicyclic) bond motifs is 1. The maximum absolute atomic E-state index is 13.5. The number of aliphatic hydroxyl groups is 1. The summed E-state index contributed by atoms with van der Waals surface area (Å²) in [6.07, 6.45) is 0. The number of amides is 1. The molecule has 31 heavy (non-hydrogen) atoms. The van der Waals surface area contributed by atoms with Crippen molar-refractivity contribution in [1.29, 1.82) is 0 Å². The van der Waals surface area contributed by atoms with E-state index < -0.39 is 23.5 Å². The van der Waals surface area contributed by atoms with Crippen molar-refractivity contribution in [3.63, 3.8) is 0 Å². The van der Waals surface area contributed by atoms with Crippen molar-refractivity contribution in [3.8, 4) is 0 Å².